The molecule has 0 amide bonds. The summed E-state index contributed by atoms with van der Waals surface area (Å²) in [5, 5.41) is 14.8. The number of hydrogen-bond acceptors (Lipinski definition) is 5. The van der Waals surface area contributed by atoms with Crippen LogP contribution in [-0.2, 0) is 6.42 Å². The van der Waals surface area contributed by atoms with Crippen molar-refractivity contribution in [3.8, 4) is 0 Å². The molecule has 1 atom stereocenters. The summed E-state index contributed by atoms with van der Waals surface area (Å²) < 4.78 is 0. The van der Waals surface area contributed by atoms with E-state index in [1.165, 1.54) is 16.2 Å². The van der Waals surface area contributed by atoms with Gasteiger partial charge in [-0.2, -0.15) is 0 Å². The highest BCUT2D eigenvalue weighted by Crippen LogP contribution is 2.22. The van der Waals surface area contributed by atoms with Crippen molar-refractivity contribution in [2.45, 2.75) is 19.4 Å². The first-order valence-corrected chi connectivity index (χ1v) is 6.88. The summed E-state index contributed by atoms with van der Waals surface area (Å²) in [5.74, 6) is -0.989. The van der Waals surface area contributed by atoms with Gasteiger partial charge < -0.3 is 10.4 Å². The molecular formula is C11H12N2O2S2. The molecule has 1 unspecified atom stereocenters. The lowest BCUT2D eigenvalue weighted by Gasteiger charge is -2.12. The average Bonchev–Trinajstić information content (AvgIpc) is 2.88. The van der Waals surface area contributed by atoms with E-state index in [1.807, 2.05) is 18.4 Å². The number of carboxylic acid groups (broad SMARTS) is 1. The van der Waals surface area contributed by atoms with E-state index in [0.29, 0.717) is 5.00 Å². The van der Waals surface area contributed by atoms with E-state index in [0.717, 1.165) is 6.42 Å². The molecule has 90 valence electrons. The zero-order valence-electron chi connectivity index (χ0n) is 9.21. The predicted molar refractivity (Wildman–Crippen MR) is 70.2 cm³/mol. The third-order valence-electron chi connectivity index (χ3n) is 2.23. The Morgan fingerprint density at radius 3 is 3.06 bits per heavy atom. The van der Waals surface area contributed by atoms with Crippen molar-refractivity contribution in [1.82, 2.24) is 4.98 Å². The Labute approximate surface area is 107 Å². The van der Waals surface area contributed by atoms with Crippen molar-refractivity contribution in [2.75, 3.05) is 5.32 Å². The highest BCUT2D eigenvalue weighted by Gasteiger charge is 2.15. The minimum atomic E-state index is -0.989. The topological polar surface area (TPSA) is 62.2 Å². The standard InChI is InChI=1S/C11H12N2O2S2/c1-7(5-8-3-2-4-16-8)13-10-9(11(14)15)12-6-17-10/h2-4,6-7,13H,5H2,1H3,(H,14,15). The van der Waals surface area contributed by atoms with Crippen LogP contribution in [0.15, 0.2) is 23.0 Å². The zero-order chi connectivity index (χ0) is 12.3. The highest BCUT2D eigenvalue weighted by molar-refractivity contribution is 7.14. The minimum Gasteiger partial charge on any atom is -0.476 e. The fourth-order valence-electron chi connectivity index (χ4n) is 1.51. The molecule has 0 bridgehead atoms. The van der Waals surface area contributed by atoms with Gasteiger partial charge in [0.15, 0.2) is 5.69 Å². The van der Waals surface area contributed by atoms with E-state index >= 15 is 0 Å². The summed E-state index contributed by atoms with van der Waals surface area (Å²) in [7, 11) is 0. The Bertz CT molecular complexity index is 493. The number of nitrogens with one attached hydrogen (secondary N) is 1. The van der Waals surface area contributed by atoms with Crippen molar-refractivity contribution < 1.29 is 9.90 Å². The maximum Gasteiger partial charge on any atom is 0.357 e. The molecule has 2 aromatic rings. The summed E-state index contributed by atoms with van der Waals surface area (Å²) >= 11 is 3.02. The van der Waals surface area contributed by atoms with Gasteiger partial charge in [0.05, 0.1) is 5.51 Å². The number of thiazole rings is 1. The summed E-state index contributed by atoms with van der Waals surface area (Å²) in [6.45, 7) is 2.03. The number of thiophene rings is 1. The molecule has 0 radical (unpaired) electrons. The lowest BCUT2D eigenvalue weighted by molar-refractivity contribution is 0.0692. The summed E-state index contributed by atoms with van der Waals surface area (Å²) in [6.07, 6.45) is 0.884. The molecule has 6 heteroatoms. The van der Waals surface area contributed by atoms with Crippen LogP contribution in [0, 0.1) is 0 Å². The summed E-state index contributed by atoms with van der Waals surface area (Å²) in [4.78, 5) is 16.0. The summed E-state index contributed by atoms with van der Waals surface area (Å²) in [6, 6.07) is 4.28. The van der Waals surface area contributed by atoms with E-state index < -0.39 is 5.97 Å². The predicted octanol–water partition coefficient (Wildman–Crippen LogP) is 2.95. The number of carbonyl (C=O) groups is 1. The molecule has 0 aliphatic rings. The van der Waals surface area contributed by atoms with Crippen LogP contribution in [0.5, 0.6) is 0 Å². The van der Waals surface area contributed by atoms with Crippen LogP contribution < -0.4 is 5.32 Å². The normalized spacial score (nSPS) is 12.3. The molecule has 2 rings (SSSR count). The lowest BCUT2D eigenvalue weighted by atomic mass is 10.2. The van der Waals surface area contributed by atoms with Crippen molar-refractivity contribution in [2.24, 2.45) is 0 Å². The summed E-state index contributed by atoms with van der Waals surface area (Å²) in [5.41, 5.74) is 1.65. The maximum atomic E-state index is 10.9. The van der Waals surface area contributed by atoms with Crippen molar-refractivity contribution in [3.05, 3.63) is 33.6 Å². The molecule has 2 heterocycles. The number of anilines is 1. The molecule has 0 saturated heterocycles. The third kappa shape index (κ3) is 3.04. The number of aromatic nitrogens is 1. The number of hydrogen-bond donors (Lipinski definition) is 2. The second-order valence-corrected chi connectivity index (χ2v) is 5.55. The number of aromatic carboxylic acids is 1. The van der Waals surface area contributed by atoms with Crippen molar-refractivity contribution >= 4 is 33.6 Å². The molecule has 0 spiro atoms. The van der Waals surface area contributed by atoms with Crippen LogP contribution in [0.2, 0.25) is 0 Å². The Kier molecular flexibility index (Phi) is 3.75. The van der Waals surface area contributed by atoms with Crippen LogP contribution in [0.4, 0.5) is 5.00 Å². The number of nitrogens with zero attached hydrogens (tertiary/aromatic N) is 1. The SMILES string of the molecule is CC(Cc1cccs1)Nc1scnc1C(=O)O. The number of rotatable bonds is 5. The van der Waals surface area contributed by atoms with Gasteiger partial charge in [0.1, 0.15) is 5.00 Å². The molecule has 0 aliphatic heterocycles. The molecule has 17 heavy (non-hydrogen) atoms. The molecule has 0 aromatic carbocycles. The van der Waals surface area contributed by atoms with Gasteiger partial charge in [0, 0.05) is 17.3 Å². The first-order valence-electron chi connectivity index (χ1n) is 5.12. The molecular weight excluding hydrogens is 256 g/mol. The van der Waals surface area contributed by atoms with Crippen LogP contribution >= 0.6 is 22.7 Å². The van der Waals surface area contributed by atoms with Crippen LogP contribution in [0.3, 0.4) is 0 Å². The van der Waals surface area contributed by atoms with Crippen LogP contribution in [0.25, 0.3) is 0 Å². The second-order valence-electron chi connectivity index (χ2n) is 3.66. The fourth-order valence-corrected chi connectivity index (χ4v) is 3.13. The Balaban J connectivity index is 2.00. The molecule has 2 N–H and O–H groups in total. The van der Waals surface area contributed by atoms with Gasteiger partial charge in [-0.15, -0.1) is 22.7 Å². The molecule has 0 fully saturated rings. The van der Waals surface area contributed by atoms with Gasteiger partial charge in [-0.1, -0.05) is 6.07 Å². The number of carboxylic acids is 1. The quantitative estimate of drug-likeness (QED) is 0.875. The monoisotopic (exact) mass is 268 g/mol. The lowest BCUT2D eigenvalue weighted by Crippen LogP contribution is -2.18. The highest BCUT2D eigenvalue weighted by atomic mass is 32.1. The largest absolute Gasteiger partial charge is 0.476 e. The van der Waals surface area contributed by atoms with E-state index in [9.17, 15) is 4.79 Å². The Morgan fingerprint density at radius 2 is 2.41 bits per heavy atom. The maximum absolute atomic E-state index is 10.9. The van der Waals surface area contributed by atoms with Gasteiger partial charge in [0.2, 0.25) is 0 Å². The first-order chi connectivity index (χ1) is 8.16. The van der Waals surface area contributed by atoms with E-state index in [4.69, 9.17) is 5.11 Å². The van der Waals surface area contributed by atoms with Gasteiger partial charge >= 0.3 is 5.97 Å². The second kappa shape index (κ2) is 5.29. The average molecular weight is 268 g/mol. The molecule has 4 nitrogen and oxygen atoms in total. The van der Waals surface area contributed by atoms with E-state index in [-0.39, 0.29) is 11.7 Å². The minimum absolute atomic E-state index is 0.105. The molecule has 0 aliphatic carbocycles. The van der Waals surface area contributed by atoms with Crippen molar-refractivity contribution in [3.63, 3.8) is 0 Å². The molecule has 0 saturated carbocycles. The van der Waals surface area contributed by atoms with E-state index in [2.05, 4.69) is 16.4 Å². The van der Waals surface area contributed by atoms with Crippen LogP contribution in [0.1, 0.15) is 22.3 Å². The van der Waals surface area contributed by atoms with Gasteiger partial charge in [-0.3, -0.25) is 0 Å². The third-order valence-corrected chi connectivity index (χ3v) is 3.89. The van der Waals surface area contributed by atoms with Gasteiger partial charge in [0.25, 0.3) is 0 Å². The van der Waals surface area contributed by atoms with Crippen molar-refractivity contribution in [1.29, 1.82) is 0 Å². The Morgan fingerprint density at radius 1 is 1.59 bits per heavy atom. The first kappa shape index (κ1) is 12.1. The van der Waals surface area contributed by atoms with Gasteiger partial charge in [-0.05, 0) is 18.4 Å². The van der Waals surface area contributed by atoms with Gasteiger partial charge in [-0.25, -0.2) is 9.78 Å². The smallest absolute Gasteiger partial charge is 0.357 e. The Hall–Kier alpha value is -1.40. The fraction of sp³-hybridized carbons (Fsp3) is 0.273. The zero-order valence-corrected chi connectivity index (χ0v) is 10.8. The van der Waals surface area contributed by atoms with Crippen LogP contribution in [-0.4, -0.2) is 22.1 Å². The van der Waals surface area contributed by atoms with E-state index in [1.54, 1.807) is 16.8 Å². The molecule has 2 aromatic heterocycles.